The zero-order chi connectivity index (χ0) is 17.4. The lowest BCUT2D eigenvalue weighted by Crippen LogP contribution is -2.03. The first-order valence-corrected chi connectivity index (χ1v) is 7.27. The first-order valence-electron chi connectivity index (χ1n) is 7.27. The quantitative estimate of drug-likeness (QED) is 0.866. The molecule has 0 spiro atoms. The van der Waals surface area contributed by atoms with Gasteiger partial charge in [-0.25, -0.2) is 9.37 Å². The third kappa shape index (κ3) is 2.24. The van der Waals surface area contributed by atoms with E-state index in [1.165, 1.54) is 12.1 Å². The highest BCUT2D eigenvalue weighted by Crippen LogP contribution is 2.44. The molecule has 0 aliphatic heterocycles. The number of allylic oxidation sites excluding steroid dienone is 3. The van der Waals surface area contributed by atoms with Gasteiger partial charge in [0, 0.05) is 5.56 Å². The number of rotatable bonds is 1. The van der Waals surface area contributed by atoms with Crippen LogP contribution in [0, 0.1) is 35.4 Å². The van der Waals surface area contributed by atoms with Gasteiger partial charge < -0.3 is 5.73 Å². The minimum atomic E-state index is -0.314. The van der Waals surface area contributed by atoms with Crippen molar-refractivity contribution in [3.05, 3.63) is 63.6 Å². The predicted molar refractivity (Wildman–Crippen MR) is 90.6 cm³/mol. The van der Waals surface area contributed by atoms with Gasteiger partial charge in [-0.3, -0.25) is 0 Å². The zero-order valence-corrected chi connectivity index (χ0v) is 13.2. The highest BCUT2D eigenvalue weighted by Gasteiger charge is 2.29. The molecule has 2 aromatic rings. The average molecular weight is 316 g/mol. The Kier molecular flexibility index (Phi) is 3.63. The molecule has 0 unspecified atom stereocenters. The molecule has 1 aliphatic carbocycles. The van der Waals surface area contributed by atoms with E-state index in [-0.39, 0.29) is 11.6 Å². The molecular weight excluding hydrogens is 303 g/mol. The number of nitrogen functional groups attached to an aromatic ring is 1. The van der Waals surface area contributed by atoms with E-state index < -0.39 is 0 Å². The van der Waals surface area contributed by atoms with Crippen LogP contribution in [0.2, 0.25) is 0 Å². The maximum Gasteiger partial charge on any atom is 0.142 e. The molecule has 1 heterocycles. The number of nitrogens with two attached hydrogens (primary N) is 1. The van der Waals surface area contributed by atoms with Crippen molar-refractivity contribution in [2.24, 2.45) is 0 Å². The summed E-state index contributed by atoms with van der Waals surface area (Å²) in [7, 11) is 0. The van der Waals surface area contributed by atoms with Crippen molar-refractivity contribution in [1.82, 2.24) is 4.98 Å². The molecule has 1 aromatic carbocycles. The molecule has 3 rings (SSSR count). The van der Waals surface area contributed by atoms with Crippen LogP contribution in [-0.4, -0.2) is 4.98 Å². The number of aromatic nitrogens is 1. The molecular formula is C19H13FN4. The summed E-state index contributed by atoms with van der Waals surface area (Å²) in [5.74, 6) is -0.191. The highest BCUT2D eigenvalue weighted by atomic mass is 19.1. The minimum Gasteiger partial charge on any atom is -0.383 e. The summed E-state index contributed by atoms with van der Waals surface area (Å²) < 4.78 is 13.1. The van der Waals surface area contributed by atoms with Gasteiger partial charge in [-0.1, -0.05) is 12.1 Å². The first-order chi connectivity index (χ1) is 11.5. The monoisotopic (exact) mass is 316 g/mol. The second-order valence-corrected chi connectivity index (χ2v) is 5.55. The van der Waals surface area contributed by atoms with Crippen LogP contribution in [0.3, 0.4) is 0 Å². The number of halogens is 1. The SMILES string of the molecule is CC1=C(C#N)c2nc(N)c(C#N)c(C)c2/C1=C\c1ccc(F)cc1. The standard InChI is InChI=1S/C19H13FN4/c1-10-14(7-12-3-5-13(20)6-4-12)17-11(2)16(9-22)19(23)24-18(17)15(10)8-21/h3-7H,1-2H3,(H2,23,24)/b14-7-. The molecule has 0 saturated carbocycles. The van der Waals surface area contributed by atoms with E-state index in [4.69, 9.17) is 5.73 Å². The smallest absolute Gasteiger partial charge is 0.142 e. The summed E-state index contributed by atoms with van der Waals surface area (Å²) in [5.41, 5.74) is 10.9. The third-order valence-corrected chi connectivity index (χ3v) is 4.16. The molecule has 0 amide bonds. The third-order valence-electron chi connectivity index (χ3n) is 4.16. The number of nitrogens with zero attached hydrogens (tertiary/aromatic N) is 3. The fraction of sp³-hybridized carbons (Fsp3) is 0.105. The van der Waals surface area contributed by atoms with Gasteiger partial charge in [0.05, 0.1) is 16.8 Å². The Morgan fingerprint density at radius 1 is 1.12 bits per heavy atom. The van der Waals surface area contributed by atoms with Crippen molar-refractivity contribution in [1.29, 1.82) is 10.5 Å². The van der Waals surface area contributed by atoms with Crippen molar-refractivity contribution < 1.29 is 4.39 Å². The summed E-state index contributed by atoms with van der Waals surface area (Å²) in [6.07, 6.45) is 1.87. The zero-order valence-electron chi connectivity index (χ0n) is 13.2. The second-order valence-electron chi connectivity index (χ2n) is 5.55. The van der Waals surface area contributed by atoms with E-state index in [9.17, 15) is 14.9 Å². The summed E-state index contributed by atoms with van der Waals surface area (Å²) in [5, 5.41) is 18.8. The van der Waals surface area contributed by atoms with Crippen molar-refractivity contribution in [2.45, 2.75) is 13.8 Å². The highest BCUT2D eigenvalue weighted by molar-refractivity contribution is 6.08. The molecule has 24 heavy (non-hydrogen) atoms. The van der Waals surface area contributed by atoms with Crippen LogP contribution in [-0.2, 0) is 0 Å². The van der Waals surface area contributed by atoms with Gasteiger partial charge in [-0.15, -0.1) is 0 Å². The normalized spacial score (nSPS) is 14.5. The Labute approximate surface area is 139 Å². The molecule has 2 N–H and O–H groups in total. The molecule has 116 valence electrons. The summed E-state index contributed by atoms with van der Waals surface area (Å²) in [6.45, 7) is 3.62. The van der Waals surface area contributed by atoms with Gasteiger partial charge in [0.15, 0.2) is 0 Å². The molecule has 0 bridgehead atoms. The van der Waals surface area contributed by atoms with Crippen molar-refractivity contribution in [3.8, 4) is 12.1 Å². The fourth-order valence-electron chi connectivity index (χ4n) is 2.92. The summed E-state index contributed by atoms with van der Waals surface area (Å²) in [6, 6.07) is 10.3. The Morgan fingerprint density at radius 2 is 1.79 bits per heavy atom. The van der Waals surface area contributed by atoms with Gasteiger partial charge in [-0.05, 0) is 54.3 Å². The largest absolute Gasteiger partial charge is 0.383 e. The van der Waals surface area contributed by atoms with E-state index in [1.807, 2.05) is 13.0 Å². The number of hydrogen-bond acceptors (Lipinski definition) is 4. The Balaban J connectivity index is 2.31. The predicted octanol–water partition coefficient (Wildman–Crippen LogP) is 3.83. The minimum absolute atomic E-state index is 0.123. The summed E-state index contributed by atoms with van der Waals surface area (Å²) in [4.78, 5) is 4.27. The molecule has 0 fully saturated rings. The Bertz CT molecular complexity index is 1000. The van der Waals surface area contributed by atoms with Gasteiger partial charge in [0.1, 0.15) is 23.8 Å². The number of nitriles is 2. The van der Waals surface area contributed by atoms with Crippen LogP contribution < -0.4 is 5.73 Å². The first kappa shape index (κ1) is 15.5. The van der Waals surface area contributed by atoms with E-state index in [0.717, 1.165) is 22.3 Å². The van der Waals surface area contributed by atoms with Gasteiger partial charge in [-0.2, -0.15) is 10.5 Å². The molecule has 0 saturated heterocycles. The van der Waals surface area contributed by atoms with Crippen LogP contribution >= 0.6 is 0 Å². The second kappa shape index (κ2) is 5.64. The maximum atomic E-state index is 13.1. The maximum absolute atomic E-state index is 13.1. The molecule has 0 atom stereocenters. The average Bonchev–Trinajstić information content (AvgIpc) is 2.81. The number of anilines is 1. The lowest BCUT2D eigenvalue weighted by Gasteiger charge is -2.11. The van der Waals surface area contributed by atoms with E-state index >= 15 is 0 Å². The molecule has 1 aliphatic rings. The molecule has 0 radical (unpaired) electrons. The van der Waals surface area contributed by atoms with Crippen LogP contribution in [0.1, 0.15) is 34.9 Å². The number of hydrogen-bond donors (Lipinski definition) is 1. The lowest BCUT2D eigenvalue weighted by molar-refractivity contribution is 0.628. The molecule has 5 heteroatoms. The van der Waals surface area contributed by atoms with E-state index in [0.29, 0.717) is 22.4 Å². The van der Waals surface area contributed by atoms with Crippen LogP contribution in [0.15, 0.2) is 29.8 Å². The summed E-state index contributed by atoms with van der Waals surface area (Å²) >= 11 is 0. The Morgan fingerprint density at radius 3 is 2.38 bits per heavy atom. The topological polar surface area (TPSA) is 86.5 Å². The molecule has 1 aromatic heterocycles. The van der Waals surface area contributed by atoms with Crippen molar-refractivity contribution in [2.75, 3.05) is 5.73 Å². The van der Waals surface area contributed by atoms with Crippen LogP contribution in [0.4, 0.5) is 10.2 Å². The van der Waals surface area contributed by atoms with Gasteiger partial charge in [0.2, 0.25) is 0 Å². The van der Waals surface area contributed by atoms with E-state index in [2.05, 4.69) is 17.1 Å². The van der Waals surface area contributed by atoms with Crippen molar-refractivity contribution >= 4 is 23.0 Å². The van der Waals surface area contributed by atoms with Crippen LogP contribution in [0.25, 0.3) is 17.2 Å². The fourth-order valence-corrected chi connectivity index (χ4v) is 2.92. The number of benzene rings is 1. The van der Waals surface area contributed by atoms with Gasteiger partial charge >= 0.3 is 0 Å². The lowest BCUT2D eigenvalue weighted by atomic mass is 9.95. The Hall–Kier alpha value is -3.44. The van der Waals surface area contributed by atoms with Crippen molar-refractivity contribution in [3.63, 3.8) is 0 Å². The van der Waals surface area contributed by atoms with E-state index in [1.54, 1.807) is 19.1 Å². The number of pyridine rings is 1. The van der Waals surface area contributed by atoms with Gasteiger partial charge in [0.25, 0.3) is 0 Å². The molecule has 4 nitrogen and oxygen atoms in total. The number of fused-ring (bicyclic) bond motifs is 1. The van der Waals surface area contributed by atoms with Crippen LogP contribution in [0.5, 0.6) is 0 Å².